The molecular weight excluding hydrogens is 384 g/mol. The van der Waals surface area contributed by atoms with Gasteiger partial charge in [0.2, 0.25) is 0 Å². The molecule has 152 valence electrons. The molecule has 0 aliphatic carbocycles. The van der Waals surface area contributed by atoms with Gasteiger partial charge in [0.25, 0.3) is 5.91 Å². The Kier molecular flexibility index (Phi) is 4.39. The van der Waals surface area contributed by atoms with E-state index in [0.717, 1.165) is 12.1 Å². The number of hydrogen-bond acceptors (Lipinski definition) is 6. The van der Waals surface area contributed by atoms with E-state index in [2.05, 4.69) is 15.4 Å². The van der Waals surface area contributed by atoms with E-state index in [4.69, 9.17) is 13.9 Å². The molecule has 0 atom stereocenters. The van der Waals surface area contributed by atoms with Crippen LogP contribution in [-0.2, 0) is 7.05 Å². The summed E-state index contributed by atoms with van der Waals surface area (Å²) in [6.45, 7) is 3.06. The van der Waals surface area contributed by atoms with Gasteiger partial charge in [0.05, 0.1) is 36.1 Å². The second-order valence-corrected chi connectivity index (χ2v) is 7.11. The van der Waals surface area contributed by atoms with Crippen LogP contribution in [0.4, 0.5) is 5.69 Å². The molecule has 0 spiro atoms. The number of ether oxygens (including phenoxy) is 2. The average molecular weight is 404 g/mol. The van der Waals surface area contributed by atoms with Crippen LogP contribution in [0.3, 0.4) is 0 Å². The van der Waals surface area contributed by atoms with Crippen LogP contribution in [0, 0.1) is 6.92 Å². The first kappa shape index (κ1) is 18.2. The maximum atomic E-state index is 13.3. The van der Waals surface area contributed by atoms with E-state index in [-0.39, 0.29) is 5.91 Å². The maximum Gasteiger partial charge on any atom is 0.256 e. The Balaban J connectivity index is 1.55. The SMILES string of the molecule is Cc1nn(C)c2nc(-c3ccco3)cc(C(=O)Nc3ccc4c(c3)OCCCO4)c12. The number of carbonyl (C=O) groups excluding carboxylic acids is 1. The minimum absolute atomic E-state index is 0.263. The number of aromatic nitrogens is 3. The third kappa shape index (κ3) is 3.16. The molecule has 5 rings (SSSR count). The summed E-state index contributed by atoms with van der Waals surface area (Å²) < 4.78 is 18.5. The summed E-state index contributed by atoms with van der Waals surface area (Å²) in [5, 5.41) is 8.11. The molecule has 3 aromatic heterocycles. The van der Waals surface area contributed by atoms with Crippen molar-refractivity contribution in [2.24, 2.45) is 7.05 Å². The minimum atomic E-state index is -0.263. The van der Waals surface area contributed by atoms with Crippen molar-refractivity contribution in [1.82, 2.24) is 14.8 Å². The zero-order chi connectivity index (χ0) is 20.7. The number of amides is 1. The highest BCUT2D eigenvalue weighted by Gasteiger charge is 2.21. The summed E-state index contributed by atoms with van der Waals surface area (Å²) in [6, 6.07) is 10.7. The number of rotatable bonds is 3. The summed E-state index contributed by atoms with van der Waals surface area (Å²) in [4.78, 5) is 17.9. The predicted molar refractivity (Wildman–Crippen MR) is 111 cm³/mol. The van der Waals surface area contributed by atoms with Gasteiger partial charge < -0.3 is 19.2 Å². The molecule has 8 heteroatoms. The van der Waals surface area contributed by atoms with Gasteiger partial charge >= 0.3 is 0 Å². The highest BCUT2D eigenvalue weighted by Crippen LogP contribution is 2.33. The fourth-order valence-corrected chi connectivity index (χ4v) is 3.61. The number of hydrogen-bond donors (Lipinski definition) is 1. The first-order valence-electron chi connectivity index (χ1n) is 9.69. The van der Waals surface area contributed by atoms with E-state index in [1.807, 2.05) is 19.1 Å². The van der Waals surface area contributed by atoms with Gasteiger partial charge in [0.15, 0.2) is 22.9 Å². The van der Waals surface area contributed by atoms with Crippen molar-refractivity contribution in [3.63, 3.8) is 0 Å². The van der Waals surface area contributed by atoms with E-state index < -0.39 is 0 Å². The third-order valence-electron chi connectivity index (χ3n) is 4.99. The molecule has 1 amide bonds. The summed E-state index contributed by atoms with van der Waals surface area (Å²) in [6.07, 6.45) is 2.40. The van der Waals surface area contributed by atoms with Crippen LogP contribution in [-0.4, -0.2) is 33.9 Å². The lowest BCUT2D eigenvalue weighted by Gasteiger charge is -2.11. The largest absolute Gasteiger partial charge is 0.490 e. The van der Waals surface area contributed by atoms with Crippen molar-refractivity contribution in [3.8, 4) is 23.0 Å². The first-order valence-corrected chi connectivity index (χ1v) is 9.69. The molecule has 1 aliphatic rings. The smallest absolute Gasteiger partial charge is 0.256 e. The third-order valence-corrected chi connectivity index (χ3v) is 4.99. The maximum absolute atomic E-state index is 13.3. The average Bonchev–Trinajstić information content (AvgIpc) is 3.30. The van der Waals surface area contributed by atoms with E-state index in [9.17, 15) is 4.79 Å². The van der Waals surface area contributed by atoms with Crippen molar-refractivity contribution in [2.45, 2.75) is 13.3 Å². The molecular formula is C22H20N4O4. The zero-order valence-corrected chi connectivity index (χ0v) is 16.6. The second kappa shape index (κ2) is 7.22. The van der Waals surface area contributed by atoms with Crippen molar-refractivity contribution < 1.29 is 18.7 Å². The number of benzene rings is 1. The van der Waals surface area contributed by atoms with Gasteiger partial charge in [-0.2, -0.15) is 5.10 Å². The fraction of sp³-hybridized carbons (Fsp3) is 0.227. The van der Waals surface area contributed by atoms with Crippen LogP contribution in [0.15, 0.2) is 47.1 Å². The van der Waals surface area contributed by atoms with E-state index >= 15 is 0 Å². The topological polar surface area (TPSA) is 91.4 Å². The number of nitrogens with zero attached hydrogens (tertiary/aromatic N) is 3. The summed E-state index contributed by atoms with van der Waals surface area (Å²) >= 11 is 0. The number of fused-ring (bicyclic) bond motifs is 2. The van der Waals surface area contributed by atoms with Gasteiger partial charge in [0.1, 0.15) is 5.69 Å². The Hall–Kier alpha value is -3.81. The zero-order valence-electron chi connectivity index (χ0n) is 16.6. The minimum Gasteiger partial charge on any atom is -0.490 e. The molecule has 0 radical (unpaired) electrons. The molecule has 4 aromatic rings. The standard InChI is InChI=1S/C22H20N4O4/c1-13-20-15(12-16(17-5-3-8-28-17)24-21(20)26(2)25-13)22(27)23-14-6-7-18-19(11-14)30-10-4-9-29-18/h3,5-8,11-12H,4,9-10H2,1-2H3,(H,23,27). The summed E-state index contributed by atoms with van der Waals surface area (Å²) in [5.41, 5.74) is 3.01. The van der Waals surface area contributed by atoms with Gasteiger partial charge in [-0.3, -0.25) is 9.48 Å². The van der Waals surface area contributed by atoms with Gasteiger partial charge in [-0.05, 0) is 37.3 Å². The number of furan rings is 1. The lowest BCUT2D eigenvalue weighted by Crippen LogP contribution is -2.13. The van der Waals surface area contributed by atoms with Crippen molar-refractivity contribution in [2.75, 3.05) is 18.5 Å². The number of anilines is 1. The van der Waals surface area contributed by atoms with Gasteiger partial charge in [-0.15, -0.1) is 0 Å². The molecule has 8 nitrogen and oxygen atoms in total. The van der Waals surface area contributed by atoms with E-state index in [0.29, 0.717) is 58.5 Å². The Bertz CT molecular complexity index is 1240. The molecule has 1 aromatic carbocycles. The molecule has 30 heavy (non-hydrogen) atoms. The van der Waals surface area contributed by atoms with Gasteiger partial charge in [-0.1, -0.05) is 0 Å². The molecule has 0 unspecified atom stereocenters. The molecule has 0 saturated carbocycles. The van der Waals surface area contributed by atoms with E-state index in [1.54, 1.807) is 42.3 Å². The van der Waals surface area contributed by atoms with Crippen molar-refractivity contribution >= 4 is 22.6 Å². The summed E-state index contributed by atoms with van der Waals surface area (Å²) in [7, 11) is 1.81. The number of carbonyl (C=O) groups is 1. The quantitative estimate of drug-likeness (QED) is 0.556. The van der Waals surface area contributed by atoms with Crippen LogP contribution in [0.5, 0.6) is 11.5 Å². The van der Waals surface area contributed by atoms with Crippen LogP contribution < -0.4 is 14.8 Å². The van der Waals surface area contributed by atoms with Gasteiger partial charge in [-0.25, -0.2) is 4.98 Å². The first-order chi connectivity index (χ1) is 14.6. The Morgan fingerprint density at radius 2 is 1.97 bits per heavy atom. The normalized spacial score (nSPS) is 13.3. The number of nitrogens with one attached hydrogen (secondary N) is 1. The van der Waals surface area contributed by atoms with Crippen LogP contribution >= 0.6 is 0 Å². The lowest BCUT2D eigenvalue weighted by atomic mass is 10.1. The Labute approximate surface area is 172 Å². The van der Waals surface area contributed by atoms with E-state index in [1.165, 1.54) is 0 Å². The highest BCUT2D eigenvalue weighted by molar-refractivity contribution is 6.13. The molecule has 4 heterocycles. The predicted octanol–water partition coefficient (Wildman–Crippen LogP) is 3.95. The lowest BCUT2D eigenvalue weighted by molar-refractivity contribution is 0.102. The van der Waals surface area contributed by atoms with Crippen molar-refractivity contribution in [1.29, 1.82) is 0 Å². The van der Waals surface area contributed by atoms with Crippen LogP contribution in [0.1, 0.15) is 22.5 Å². The molecule has 0 fully saturated rings. The fourth-order valence-electron chi connectivity index (χ4n) is 3.61. The Morgan fingerprint density at radius 3 is 2.77 bits per heavy atom. The number of aryl methyl sites for hydroxylation is 2. The number of pyridine rings is 1. The molecule has 0 bridgehead atoms. The monoisotopic (exact) mass is 404 g/mol. The van der Waals surface area contributed by atoms with Crippen LogP contribution in [0.25, 0.3) is 22.5 Å². The highest BCUT2D eigenvalue weighted by atomic mass is 16.5. The Morgan fingerprint density at radius 1 is 1.13 bits per heavy atom. The van der Waals surface area contributed by atoms with Crippen LogP contribution in [0.2, 0.25) is 0 Å². The van der Waals surface area contributed by atoms with Crippen molar-refractivity contribution in [3.05, 3.63) is 53.9 Å². The molecule has 0 saturated heterocycles. The second-order valence-electron chi connectivity index (χ2n) is 7.11. The van der Waals surface area contributed by atoms with Gasteiger partial charge in [0, 0.05) is 25.2 Å². The summed E-state index contributed by atoms with van der Waals surface area (Å²) in [5.74, 6) is 1.63. The molecule has 1 aliphatic heterocycles. The molecule has 1 N–H and O–H groups in total.